The standard InChI is InChI=1S/C29H35BrIP/c30-25-17-6-4-2-1-3-5-7-18-26-32(31,27-19-11-8-12-20-27,28-21-13-9-14-22-28)29-23-15-10-16-24-29/h7-16,18-24H,1-6,17,25-26H2. The van der Waals surface area contributed by atoms with Gasteiger partial charge in [0.25, 0.3) is 0 Å². The molecule has 0 aromatic heterocycles. The van der Waals surface area contributed by atoms with Crippen LogP contribution in [-0.2, 0) is 0 Å². The van der Waals surface area contributed by atoms with Gasteiger partial charge >= 0.3 is 218 Å². The van der Waals surface area contributed by atoms with E-state index in [4.69, 9.17) is 0 Å². The van der Waals surface area contributed by atoms with E-state index in [0.717, 1.165) is 11.5 Å². The maximum atomic E-state index is 3.52. The van der Waals surface area contributed by atoms with Crippen molar-refractivity contribution >= 4 is 58.1 Å². The molecule has 0 amide bonds. The van der Waals surface area contributed by atoms with Crippen molar-refractivity contribution in [3.63, 3.8) is 0 Å². The summed E-state index contributed by atoms with van der Waals surface area (Å²) in [5.74, 6) is 0. The zero-order valence-electron chi connectivity index (χ0n) is 18.9. The average Bonchev–Trinajstić information content (AvgIpc) is 2.87. The summed E-state index contributed by atoms with van der Waals surface area (Å²) in [7, 11) is 0. The Balaban J connectivity index is 1.85. The number of benzene rings is 3. The number of alkyl halides is 1. The minimum atomic E-state index is -2.65. The Kier molecular flexibility index (Phi) is 10.5. The first kappa shape index (κ1) is 25.7. The van der Waals surface area contributed by atoms with Gasteiger partial charge in [-0.1, -0.05) is 0 Å². The Bertz CT molecular complexity index is 841. The normalized spacial score (nSPS) is 13.1. The molecule has 0 nitrogen and oxygen atoms in total. The SMILES string of the molecule is BrCCCCCCCCC=CCP(I)(c1ccccc1)(c1ccccc1)c1ccccc1. The first-order valence-corrected chi connectivity index (χ1v) is 18.1. The fraction of sp³-hybridized carbons (Fsp3) is 0.310. The van der Waals surface area contributed by atoms with Gasteiger partial charge in [-0.3, -0.25) is 0 Å². The van der Waals surface area contributed by atoms with Gasteiger partial charge in [-0.25, -0.2) is 0 Å². The Morgan fingerprint density at radius 3 is 1.41 bits per heavy atom. The first-order chi connectivity index (χ1) is 15.7. The Morgan fingerprint density at radius 2 is 0.969 bits per heavy atom. The van der Waals surface area contributed by atoms with Gasteiger partial charge in [0, 0.05) is 0 Å². The summed E-state index contributed by atoms with van der Waals surface area (Å²) in [6.07, 6.45) is 15.2. The van der Waals surface area contributed by atoms with E-state index < -0.39 is 4.25 Å². The summed E-state index contributed by atoms with van der Waals surface area (Å²) in [5, 5.41) is 5.50. The quantitative estimate of drug-likeness (QED) is 0.0590. The van der Waals surface area contributed by atoms with Crippen molar-refractivity contribution in [1.29, 1.82) is 0 Å². The number of halogens is 2. The van der Waals surface area contributed by atoms with Crippen LogP contribution in [0.2, 0.25) is 0 Å². The summed E-state index contributed by atoms with van der Waals surface area (Å²) in [5.41, 5.74) is 0. The van der Waals surface area contributed by atoms with Crippen LogP contribution in [0.5, 0.6) is 0 Å². The van der Waals surface area contributed by atoms with Gasteiger partial charge in [-0.05, 0) is 0 Å². The van der Waals surface area contributed by atoms with Crippen LogP contribution in [0.3, 0.4) is 0 Å². The van der Waals surface area contributed by atoms with Crippen LogP contribution >= 0.6 is 42.2 Å². The molecule has 0 aliphatic heterocycles. The van der Waals surface area contributed by atoms with Gasteiger partial charge in [0.1, 0.15) is 0 Å². The van der Waals surface area contributed by atoms with E-state index in [1.54, 1.807) is 0 Å². The van der Waals surface area contributed by atoms with Crippen molar-refractivity contribution in [3.05, 3.63) is 103 Å². The van der Waals surface area contributed by atoms with Gasteiger partial charge < -0.3 is 0 Å². The van der Waals surface area contributed by atoms with Gasteiger partial charge in [0.05, 0.1) is 0 Å². The number of hydrogen-bond acceptors (Lipinski definition) is 0. The second kappa shape index (κ2) is 13.1. The summed E-state index contributed by atoms with van der Waals surface area (Å²) in [6.45, 7) is 0. The maximum absolute atomic E-state index is 3.52. The van der Waals surface area contributed by atoms with Crippen LogP contribution in [0.25, 0.3) is 0 Å². The van der Waals surface area contributed by atoms with Crippen molar-refractivity contribution in [1.82, 2.24) is 0 Å². The van der Waals surface area contributed by atoms with Crippen LogP contribution < -0.4 is 15.9 Å². The van der Waals surface area contributed by atoms with Crippen molar-refractivity contribution in [3.8, 4) is 0 Å². The molecule has 0 aliphatic carbocycles. The summed E-state index contributed by atoms with van der Waals surface area (Å²) >= 11 is 6.39. The molecule has 0 aliphatic rings. The monoisotopic (exact) mass is 620 g/mol. The van der Waals surface area contributed by atoms with Gasteiger partial charge in [0.15, 0.2) is 0 Å². The number of rotatable bonds is 13. The Morgan fingerprint density at radius 1 is 0.562 bits per heavy atom. The Labute approximate surface area is 216 Å². The van der Waals surface area contributed by atoms with Crippen LogP contribution in [0, 0.1) is 0 Å². The number of unbranched alkanes of at least 4 members (excludes halogenated alkanes) is 6. The van der Waals surface area contributed by atoms with Crippen LogP contribution in [0.15, 0.2) is 103 Å². The second-order valence-corrected chi connectivity index (χ2v) is 19.9. The van der Waals surface area contributed by atoms with Gasteiger partial charge in [-0.2, -0.15) is 0 Å². The van der Waals surface area contributed by atoms with Crippen molar-refractivity contribution in [2.45, 2.75) is 44.9 Å². The molecule has 0 unspecified atom stereocenters. The third kappa shape index (κ3) is 6.13. The van der Waals surface area contributed by atoms with E-state index in [9.17, 15) is 0 Å². The van der Waals surface area contributed by atoms with Crippen molar-refractivity contribution in [2.24, 2.45) is 0 Å². The minimum absolute atomic E-state index is 1.05. The van der Waals surface area contributed by atoms with E-state index in [-0.39, 0.29) is 0 Å². The molecule has 0 fully saturated rings. The van der Waals surface area contributed by atoms with E-state index >= 15 is 0 Å². The Hall–Kier alpha value is -0.960. The molecule has 0 heterocycles. The van der Waals surface area contributed by atoms with Crippen LogP contribution in [0.1, 0.15) is 44.9 Å². The van der Waals surface area contributed by atoms with E-state index in [1.807, 2.05) is 0 Å². The average molecular weight is 621 g/mol. The molecule has 3 heteroatoms. The van der Waals surface area contributed by atoms with Gasteiger partial charge in [0.2, 0.25) is 0 Å². The molecule has 3 aromatic rings. The van der Waals surface area contributed by atoms with Crippen molar-refractivity contribution in [2.75, 3.05) is 11.5 Å². The molecule has 170 valence electrons. The summed E-state index contributed by atoms with van der Waals surface area (Å²) in [4.78, 5) is 0. The molecule has 0 bridgehead atoms. The molecule has 0 saturated carbocycles. The number of allylic oxidation sites excluding steroid dienone is 2. The predicted octanol–water partition coefficient (Wildman–Crippen LogP) is 8.55. The molecule has 32 heavy (non-hydrogen) atoms. The third-order valence-electron chi connectivity index (χ3n) is 6.25. The molecular weight excluding hydrogens is 586 g/mol. The molecule has 3 rings (SSSR count). The fourth-order valence-electron chi connectivity index (χ4n) is 4.43. The molecule has 0 N–H and O–H groups in total. The zero-order valence-corrected chi connectivity index (χ0v) is 23.5. The fourth-order valence-corrected chi connectivity index (χ4v) is 12.9. The summed E-state index contributed by atoms with van der Waals surface area (Å²) < 4.78 is -2.65. The predicted molar refractivity (Wildman–Crippen MR) is 159 cm³/mol. The third-order valence-corrected chi connectivity index (χ3v) is 18.0. The topological polar surface area (TPSA) is 0 Å². The molecule has 0 atom stereocenters. The van der Waals surface area contributed by atoms with Gasteiger partial charge in [-0.15, -0.1) is 0 Å². The van der Waals surface area contributed by atoms with Crippen LogP contribution in [0.4, 0.5) is 0 Å². The van der Waals surface area contributed by atoms with Crippen LogP contribution in [-0.4, -0.2) is 11.5 Å². The van der Waals surface area contributed by atoms with Crippen molar-refractivity contribution < 1.29 is 0 Å². The first-order valence-electron chi connectivity index (χ1n) is 11.8. The molecule has 0 spiro atoms. The second-order valence-electron chi connectivity index (χ2n) is 8.44. The molecule has 0 saturated heterocycles. The number of hydrogen-bond donors (Lipinski definition) is 0. The van der Waals surface area contributed by atoms with E-state index in [1.165, 1.54) is 60.9 Å². The zero-order chi connectivity index (χ0) is 22.6. The van der Waals surface area contributed by atoms with E-state index in [0.29, 0.717) is 0 Å². The molecular formula is C29H35BrIP. The van der Waals surface area contributed by atoms with E-state index in [2.05, 4.69) is 141 Å². The molecule has 0 radical (unpaired) electrons. The molecule has 3 aromatic carbocycles. The summed E-state index contributed by atoms with van der Waals surface area (Å²) in [6, 6.07) is 33.6.